The van der Waals surface area contributed by atoms with Crippen LogP contribution in [0, 0.1) is 5.92 Å². The minimum absolute atomic E-state index is 0.0974. The maximum absolute atomic E-state index is 11.4. The molecule has 5 N–H and O–H groups in total. The number of carbonyl (C=O) groups is 3. The molecule has 0 saturated heterocycles. The zero-order valence-electron chi connectivity index (χ0n) is 10.4. The number of hydrogen-bond acceptors (Lipinski definition) is 4. The van der Waals surface area contributed by atoms with Crippen LogP contribution in [0.15, 0.2) is 0 Å². The number of nitrogens with two attached hydrogens (primary N) is 1. The zero-order chi connectivity index (χ0) is 14.1. The summed E-state index contributed by atoms with van der Waals surface area (Å²) in [6.07, 6.45) is -0.448. The van der Waals surface area contributed by atoms with Gasteiger partial charge in [-0.3, -0.25) is 4.79 Å². The van der Waals surface area contributed by atoms with Gasteiger partial charge in [0.1, 0.15) is 6.04 Å². The molecular weight excluding hydrogens is 242 g/mol. The van der Waals surface area contributed by atoms with Crippen molar-refractivity contribution in [3.05, 3.63) is 0 Å². The van der Waals surface area contributed by atoms with Crippen molar-refractivity contribution >= 4 is 17.9 Å². The van der Waals surface area contributed by atoms with E-state index in [2.05, 4.69) is 10.6 Å². The van der Waals surface area contributed by atoms with E-state index in [9.17, 15) is 14.4 Å². The van der Waals surface area contributed by atoms with Crippen molar-refractivity contribution in [3.63, 3.8) is 0 Å². The van der Waals surface area contributed by atoms with Gasteiger partial charge in [0.15, 0.2) is 0 Å². The van der Waals surface area contributed by atoms with Crippen LogP contribution in [-0.2, 0) is 14.3 Å². The Morgan fingerprint density at radius 3 is 2.44 bits per heavy atom. The van der Waals surface area contributed by atoms with Gasteiger partial charge in [-0.05, 0) is 5.92 Å². The van der Waals surface area contributed by atoms with E-state index in [1.165, 1.54) is 0 Å². The predicted molar refractivity (Wildman–Crippen MR) is 62.8 cm³/mol. The standard InChI is InChI=1S/C10H19N3O5/c1-6(5-18-2)4-12-10(17)13-7(9(15)16)3-8(11)14/h6-7H,3-5H2,1-2H3,(H2,11,14)(H,15,16)(H2,12,13,17)/t6?,7-/m1/s1. The van der Waals surface area contributed by atoms with E-state index < -0.39 is 30.4 Å². The van der Waals surface area contributed by atoms with Gasteiger partial charge in [-0.2, -0.15) is 0 Å². The van der Waals surface area contributed by atoms with Gasteiger partial charge in [0, 0.05) is 13.7 Å². The topological polar surface area (TPSA) is 131 Å². The lowest BCUT2D eigenvalue weighted by Gasteiger charge is -2.15. The van der Waals surface area contributed by atoms with E-state index >= 15 is 0 Å². The van der Waals surface area contributed by atoms with Crippen LogP contribution < -0.4 is 16.4 Å². The SMILES string of the molecule is COCC(C)CNC(=O)N[C@H](CC(N)=O)C(=O)O. The average molecular weight is 261 g/mol. The third-order valence-electron chi connectivity index (χ3n) is 2.07. The smallest absolute Gasteiger partial charge is 0.326 e. The molecule has 104 valence electrons. The molecule has 0 bridgehead atoms. The van der Waals surface area contributed by atoms with Gasteiger partial charge in [-0.25, -0.2) is 9.59 Å². The number of hydrogen-bond donors (Lipinski definition) is 4. The third kappa shape index (κ3) is 7.44. The second-order valence-electron chi connectivity index (χ2n) is 3.98. The number of primary amides is 1. The van der Waals surface area contributed by atoms with Crippen molar-refractivity contribution < 1.29 is 24.2 Å². The van der Waals surface area contributed by atoms with Gasteiger partial charge in [-0.15, -0.1) is 0 Å². The summed E-state index contributed by atoms with van der Waals surface area (Å²) in [5, 5.41) is 13.4. The highest BCUT2D eigenvalue weighted by Gasteiger charge is 2.22. The Morgan fingerprint density at radius 1 is 1.39 bits per heavy atom. The van der Waals surface area contributed by atoms with Crippen LogP contribution in [0.3, 0.4) is 0 Å². The van der Waals surface area contributed by atoms with E-state index in [-0.39, 0.29) is 5.92 Å². The fraction of sp³-hybridized carbons (Fsp3) is 0.700. The molecule has 0 aliphatic rings. The molecule has 0 radical (unpaired) electrons. The Kier molecular flexibility index (Phi) is 7.45. The van der Waals surface area contributed by atoms with E-state index in [4.69, 9.17) is 15.6 Å². The number of ether oxygens (including phenoxy) is 1. The zero-order valence-corrected chi connectivity index (χ0v) is 10.4. The quantitative estimate of drug-likeness (QED) is 0.440. The van der Waals surface area contributed by atoms with Crippen LogP contribution in [0.5, 0.6) is 0 Å². The molecule has 2 atom stereocenters. The van der Waals surface area contributed by atoms with Gasteiger partial charge in [0.2, 0.25) is 5.91 Å². The van der Waals surface area contributed by atoms with Crippen molar-refractivity contribution in [2.24, 2.45) is 11.7 Å². The van der Waals surface area contributed by atoms with Crippen molar-refractivity contribution in [1.29, 1.82) is 0 Å². The number of amides is 3. The van der Waals surface area contributed by atoms with Gasteiger partial charge < -0.3 is 26.2 Å². The molecule has 8 heteroatoms. The summed E-state index contributed by atoms with van der Waals surface area (Å²) in [4.78, 5) is 32.7. The molecule has 3 amide bonds. The van der Waals surface area contributed by atoms with Gasteiger partial charge >= 0.3 is 12.0 Å². The molecular formula is C10H19N3O5. The minimum Gasteiger partial charge on any atom is -0.480 e. The summed E-state index contributed by atoms with van der Waals surface area (Å²) >= 11 is 0. The number of carbonyl (C=O) groups excluding carboxylic acids is 2. The van der Waals surface area contributed by atoms with E-state index in [0.717, 1.165) is 0 Å². The Bertz CT molecular complexity index is 308. The minimum atomic E-state index is -1.32. The first-order valence-electron chi connectivity index (χ1n) is 5.41. The summed E-state index contributed by atoms with van der Waals surface area (Å²) in [5.41, 5.74) is 4.88. The lowest BCUT2D eigenvalue weighted by atomic mass is 10.2. The lowest BCUT2D eigenvalue weighted by molar-refractivity contribution is -0.140. The number of aliphatic carboxylic acids is 1. The van der Waals surface area contributed by atoms with Crippen LogP contribution in [0.1, 0.15) is 13.3 Å². The summed E-state index contributed by atoms with van der Waals surface area (Å²) in [5.74, 6) is -2.01. The van der Waals surface area contributed by atoms with Crippen LogP contribution in [0.25, 0.3) is 0 Å². The Morgan fingerprint density at radius 2 is 2.00 bits per heavy atom. The molecule has 18 heavy (non-hydrogen) atoms. The molecule has 1 unspecified atom stereocenters. The summed E-state index contributed by atoms with van der Waals surface area (Å²) in [7, 11) is 1.55. The Labute approximate surface area is 105 Å². The molecule has 0 aromatic heterocycles. The second kappa shape index (κ2) is 8.29. The number of rotatable bonds is 8. The summed E-state index contributed by atoms with van der Waals surface area (Å²) in [6, 6.07) is -1.98. The molecule has 0 heterocycles. The fourth-order valence-electron chi connectivity index (χ4n) is 1.22. The predicted octanol–water partition coefficient (Wildman–Crippen LogP) is -1.10. The van der Waals surface area contributed by atoms with E-state index in [1.54, 1.807) is 7.11 Å². The van der Waals surface area contributed by atoms with Crippen LogP contribution >= 0.6 is 0 Å². The normalized spacial score (nSPS) is 13.4. The van der Waals surface area contributed by atoms with Gasteiger partial charge in [0.05, 0.1) is 13.0 Å². The van der Waals surface area contributed by atoms with Crippen LogP contribution in [0.2, 0.25) is 0 Å². The highest BCUT2D eigenvalue weighted by atomic mass is 16.5. The average Bonchev–Trinajstić information content (AvgIpc) is 2.25. The molecule has 0 saturated carbocycles. The molecule has 0 rings (SSSR count). The van der Waals surface area contributed by atoms with Crippen LogP contribution in [0.4, 0.5) is 4.79 Å². The van der Waals surface area contributed by atoms with E-state index in [0.29, 0.717) is 13.2 Å². The number of carboxylic acids is 1. The fourth-order valence-corrected chi connectivity index (χ4v) is 1.22. The van der Waals surface area contributed by atoms with Gasteiger partial charge in [0.25, 0.3) is 0 Å². The van der Waals surface area contributed by atoms with Crippen molar-refractivity contribution in [3.8, 4) is 0 Å². The maximum Gasteiger partial charge on any atom is 0.326 e. The summed E-state index contributed by atoms with van der Waals surface area (Å²) < 4.78 is 4.88. The van der Waals surface area contributed by atoms with Crippen molar-refractivity contribution in [2.45, 2.75) is 19.4 Å². The highest BCUT2D eigenvalue weighted by Crippen LogP contribution is 1.94. The highest BCUT2D eigenvalue weighted by molar-refractivity contribution is 5.87. The number of methoxy groups -OCH3 is 1. The third-order valence-corrected chi connectivity index (χ3v) is 2.07. The molecule has 0 aromatic carbocycles. The molecule has 0 aliphatic carbocycles. The van der Waals surface area contributed by atoms with E-state index in [1.807, 2.05) is 6.92 Å². The molecule has 0 fully saturated rings. The molecule has 8 nitrogen and oxygen atoms in total. The van der Waals surface area contributed by atoms with Gasteiger partial charge in [-0.1, -0.05) is 6.92 Å². The number of nitrogens with one attached hydrogen (secondary N) is 2. The number of carboxylic acid groups (broad SMARTS) is 1. The Balaban J connectivity index is 4.10. The van der Waals surface area contributed by atoms with Crippen molar-refractivity contribution in [2.75, 3.05) is 20.3 Å². The van der Waals surface area contributed by atoms with Crippen LogP contribution in [-0.4, -0.2) is 49.3 Å². The second-order valence-corrected chi connectivity index (χ2v) is 3.98. The molecule has 0 aliphatic heterocycles. The van der Waals surface area contributed by atoms with Crippen molar-refractivity contribution in [1.82, 2.24) is 10.6 Å². The molecule has 0 aromatic rings. The number of urea groups is 1. The summed E-state index contributed by atoms with van der Waals surface area (Å²) in [6.45, 7) is 2.67. The maximum atomic E-state index is 11.4. The first-order chi connectivity index (χ1) is 8.36. The monoisotopic (exact) mass is 261 g/mol. The molecule has 0 spiro atoms. The lowest BCUT2D eigenvalue weighted by Crippen LogP contribution is -2.48. The first kappa shape index (κ1) is 16.2. The first-order valence-corrected chi connectivity index (χ1v) is 5.41. The largest absolute Gasteiger partial charge is 0.480 e. The Hall–Kier alpha value is -1.83.